The Morgan fingerprint density at radius 3 is 2.64 bits per heavy atom. The Kier molecular flexibility index (Phi) is 4.26. The zero-order valence-electron chi connectivity index (χ0n) is 15.5. The second kappa shape index (κ2) is 6.31. The SMILES string of the molecule is CC(C)(C)OC(=O)N1C2CCC1CC(NC1CCc3[nH]ncc3C1)C2. The predicted molar refractivity (Wildman–Crippen MR) is 95.4 cm³/mol. The van der Waals surface area contributed by atoms with Gasteiger partial charge < -0.3 is 15.0 Å². The van der Waals surface area contributed by atoms with Crippen molar-refractivity contribution in [3.63, 3.8) is 0 Å². The third-order valence-electron chi connectivity index (χ3n) is 5.83. The van der Waals surface area contributed by atoms with E-state index in [0.29, 0.717) is 24.2 Å². The van der Waals surface area contributed by atoms with E-state index < -0.39 is 5.60 Å². The number of ether oxygens (including phenoxy) is 1. The van der Waals surface area contributed by atoms with Gasteiger partial charge in [-0.25, -0.2) is 4.79 Å². The summed E-state index contributed by atoms with van der Waals surface area (Å²) in [5, 5.41) is 11.2. The van der Waals surface area contributed by atoms with Gasteiger partial charge >= 0.3 is 6.09 Å². The third kappa shape index (κ3) is 3.54. The van der Waals surface area contributed by atoms with Crippen molar-refractivity contribution in [1.82, 2.24) is 20.4 Å². The summed E-state index contributed by atoms with van der Waals surface area (Å²) in [6.07, 6.45) is 9.46. The van der Waals surface area contributed by atoms with Crippen LogP contribution in [0.25, 0.3) is 0 Å². The molecule has 6 heteroatoms. The van der Waals surface area contributed by atoms with Crippen LogP contribution in [0.15, 0.2) is 6.20 Å². The molecule has 1 aromatic rings. The van der Waals surface area contributed by atoms with Crippen LogP contribution < -0.4 is 5.32 Å². The van der Waals surface area contributed by atoms with Gasteiger partial charge in [-0.1, -0.05) is 0 Å². The summed E-state index contributed by atoms with van der Waals surface area (Å²) >= 11 is 0. The van der Waals surface area contributed by atoms with Gasteiger partial charge in [-0.15, -0.1) is 0 Å². The summed E-state index contributed by atoms with van der Waals surface area (Å²) in [5.74, 6) is 0. The lowest BCUT2D eigenvalue weighted by molar-refractivity contribution is 0.00421. The zero-order chi connectivity index (χ0) is 17.6. The van der Waals surface area contributed by atoms with Crippen LogP contribution in [0.2, 0.25) is 0 Å². The van der Waals surface area contributed by atoms with Crippen LogP contribution in [0.3, 0.4) is 0 Å². The highest BCUT2D eigenvalue weighted by atomic mass is 16.6. The number of hydrogen-bond donors (Lipinski definition) is 2. The van der Waals surface area contributed by atoms with Gasteiger partial charge in [-0.3, -0.25) is 5.10 Å². The van der Waals surface area contributed by atoms with Gasteiger partial charge in [0.1, 0.15) is 5.60 Å². The molecule has 138 valence electrons. The average molecular weight is 346 g/mol. The van der Waals surface area contributed by atoms with Crippen molar-refractivity contribution in [2.75, 3.05) is 0 Å². The van der Waals surface area contributed by atoms with Crippen LogP contribution in [0.1, 0.15) is 64.1 Å². The van der Waals surface area contributed by atoms with Gasteiger partial charge in [0, 0.05) is 29.9 Å². The number of nitrogens with zero attached hydrogens (tertiary/aromatic N) is 2. The minimum Gasteiger partial charge on any atom is -0.444 e. The number of nitrogens with one attached hydrogen (secondary N) is 2. The van der Waals surface area contributed by atoms with Crippen molar-refractivity contribution in [2.24, 2.45) is 0 Å². The van der Waals surface area contributed by atoms with E-state index in [2.05, 4.69) is 15.5 Å². The number of aryl methyl sites for hydroxylation is 1. The Hall–Kier alpha value is -1.56. The maximum absolute atomic E-state index is 12.6. The lowest BCUT2D eigenvalue weighted by Crippen LogP contribution is -2.54. The Balaban J connectivity index is 1.35. The molecule has 0 spiro atoms. The summed E-state index contributed by atoms with van der Waals surface area (Å²) in [7, 11) is 0. The Morgan fingerprint density at radius 1 is 1.24 bits per heavy atom. The molecule has 4 rings (SSSR count). The summed E-state index contributed by atoms with van der Waals surface area (Å²) < 4.78 is 5.63. The predicted octanol–water partition coefficient (Wildman–Crippen LogP) is 2.79. The minimum atomic E-state index is -0.421. The smallest absolute Gasteiger partial charge is 0.410 e. The van der Waals surface area contributed by atoms with Gasteiger partial charge in [-0.2, -0.15) is 5.10 Å². The molecule has 2 saturated heterocycles. The molecule has 25 heavy (non-hydrogen) atoms. The zero-order valence-corrected chi connectivity index (χ0v) is 15.5. The van der Waals surface area contributed by atoms with Gasteiger partial charge in [-0.05, 0) is 71.3 Å². The van der Waals surface area contributed by atoms with Crippen molar-refractivity contribution < 1.29 is 9.53 Å². The third-order valence-corrected chi connectivity index (χ3v) is 5.83. The Labute approximate surface area is 149 Å². The second-order valence-corrected chi connectivity index (χ2v) is 8.92. The number of fused-ring (bicyclic) bond motifs is 3. The van der Waals surface area contributed by atoms with E-state index in [1.54, 1.807) is 0 Å². The molecule has 3 unspecified atom stereocenters. The highest BCUT2D eigenvalue weighted by Gasteiger charge is 2.45. The van der Waals surface area contributed by atoms with Crippen LogP contribution in [0.5, 0.6) is 0 Å². The maximum atomic E-state index is 12.6. The molecule has 2 fully saturated rings. The quantitative estimate of drug-likeness (QED) is 0.864. The van der Waals surface area contributed by atoms with Gasteiger partial charge in [0.15, 0.2) is 0 Å². The second-order valence-electron chi connectivity index (χ2n) is 8.92. The molecule has 3 heterocycles. The molecule has 6 nitrogen and oxygen atoms in total. The summed E-state index contributed by atoms with van der Waals surface area (Å²) in [5.41, 5.74) is 2.24. The van der Waals surface area contributed by atoms with Crippen LogP contribution in [-0.4, -0.2) is 51.0 Å². The summed E-state index contributed by atoms with van der Waals surface area (Å²) in [6, 6.07) is 1.70. The lowest BCUT2D eigenvalue weighted by atomic mass is 9.90. The van der Waals surface area contributed by atoms with E-state index in [0.717, 1.165) is 44.9 Å². The molecule has 2 bridgehead atoms. The normalized spacial score (nSPS) is 31.7. The van der Waals surface area contributed by atoms with Crippen molar-refractivity contribution in [1.29, 1.82) is 0 Å². The average Bonchev–Trinajstić information content (AvgIpc) is 3.08. The molecule has 0 saturated carbocycles. The molecule has 0 radical (unpaired) electrons. The fourth-order valence-electron chi connectivity index (χ4n) is 4.82. The van der Waals surface area contributed by atoms with Crippen molar-refractivity contribution in [2.45, 2.75) is 95.5 Å². The number of piperidine rings is 1. The van der Waals surface area contributed by atoms with E-state index >= 15 is 0 Å². The van der Waals surface area contributed by atoms with Crippen LogP contribution in [0.4, 0.5) is 4.79 Å². The van der Waals surface area contributed by atoms with E-state index in [1.165, 1.54) is 11.3 Å². The molecule has 2 N–H and O–H groups in total. The van der Waals surface area contributed by atoms with Gasteiger partial charge in [0.05, 0.1) is 6.20 Å². The van der Waals surface area contributed by atoms with E-state index in [-0.39, 0.29) is 6.09 Å². The summed E-state index contributed by atoms with van der Waals surface area (Å²) in [6.45, 7) is 5.82. The number of carbonyl (C=O) groups is 1. The number of rotatable bonds is 2. The fraction of sp³-hybridized carbons (Fsp3) is 0.789. The highest BCUT2D eigenvalue weighted by Crippen LogP contribution is 2.37. The fourth-order valence-corrected chi connectivity index (χ4v) is 4.82. The van der Waals surface area contributed by atoms with Crippen molar-refractivity contribution in [3.8, 4) is 0 Å². The standard InChI is InChI=1S/C19H30N4O2/c1-19(2,3)25-18(24)23-15-5-6-16(23)10-14(9-15)21-13-4-7-17-12(8-13)11-20-22-17/h11,13-16,21H,4-10H2,1-3H3,(H,20,22). The topological polar surface area (TPSA) is 70.2 Å². The van der Waals surface area contributed by atoms with Crippen LogP contribution >= 0.6 is 0 Å². The molecule has 1 aliphatic carbocycles. The molecular formula is C19H30N4O2. The number of H-pyrrole nitrogens is 1. The lowest BCUT2D eigenvalue weighted by Gasteiger charge is -2.41. The van der Waals surface area contributed by atoms with Crippen molar-refractivity contribution in [3.05, 3.63) is 17.5 Å². The number of hydrogen-bond acceptors (Lipinski definition) is 4. The van der Waals surface area contributed by atoms with E-state index in [9.17, 15) is 4.79 Å². The first-order valence-corrected chi connectivity index (χ1v) is 9.67. The number of aromatic nitrogens is 2. The van der Waals surface area contributed by atoms with Crippen LogP contribution in [0, 0.1) is 0 Å². The molecule has 1 aromatic heterocycles. The van der Waals surface area contributed by atoms with E-state index in [4.69, 9.17) is 4.74 Å². The molecule has 1 amide bonds. The molecule has 3 atom stereocenters. The monoisotopic (exact) mass is 346 g/mol. The largest absolute Gasteiger partial charge is 0.444 e. The number of carbonyl (C=O) groups excluding carboxylic acids is 1. The van der Waals surface area contributed by atoms with E-state index in [1.807, 2.05) is 31.9 Å². The Bertz CT molecular complexity index is 622. The van der Waals surface area contributed by atoms with Crippen molar-refractivity contribution >= 4 is 6.09 Å². The first-order chi connectivity index (χ1) is 11.9. The number of amides is 1. The first kappa shape index (κ1) is 16.9. The number of aromatic amines is 1. The summed E-state index contributed by atoms with van der Waals surface area (Å²) in [4.78, 5) is 14.6. The van der Waals surface area contributed by atoms with Gasteiger partial charge in [0.2, 0.25) is 0 Å². The van der Waals surface area contributed by atoms with Crippen LogP contribution in [-0.2, 0) is 17.6 Å². The molecule has 0 aromatic carbocycles. The Morgan fingerprint density at radius 2 is 1.96 bits per heavy atom. The van der Waals surface area contributed by atoms with Gasteiger partial charge in [0.25, 0.3) is 0 Å². The minimum absolute atomic E-state index is 0.126. The highest BCUT2D eigenvalue weighted by molar-refractivity contribution is 5.69. The molecule has 3 aliphatic rings. The molecular weight excluding hydrogens is 316 g/mol. The first-order valence-electron chi connectivity index (χ1n) is 9.67. The maximum Gasteiger partial charge on any atom is 0.410 e. The molecule has 2 aliphatic heterocycles.